The summed E-state index contributed by atoms with van der Waals surface area (Å²) in [6.45, 7) is 0. The third kappa shape index (κ3) is 6.58. The first-order chi connectivity index (χ1) is 15.4. The van der Waals surface area contributed by atoms with Crippen LogP contribution in [0.3, 0.4) is 0 Å². The van der Waals surface area contributed by atoms with Gasteiger partial charge in [0.25, 0.3) is 0 Å². The molecule has 0 fully saturated rings. The number of benzene rings is 2. The van der Waals surface area contributed by atoms with Crippen LogP contribution in [0.15, 0.2) is 60.7 Å². The van der Waals surface area contributed by atoms with E-state index < -0.39 is 29.1 Å². The molecular weight excluding hydrogens is 448 g/mol. The van der Waals surface area contributed by atoms with Crippen LogP contribution in [0, 0.1) is 0 Å². The number of carbonyl (C=O) groups excluding carboxylic acids is 2. The predicted octanol–water partition coefficient (Wildman–Crippen LogP) is 1.22. The minimum absolute atomic E-state index is 0.0186. The number of ether oxygens (including phenoxy) is 2. The van der Waals surface area contributed by atoms with E-state index in [9.17, 15) is 9.59 Å². The van der Waals surface area contributed by atoms with Gasteiger partial charge in [0.15, 0.2) is 0 Å². The molecule has 174 valence electrons. The lowest BCUT2D eigenvalue weighted by atomic mass is 10.3. The Hall–Kier alpha value is -2.35. The van der Waals surface area contributed by atoms with Crippen LogP contribution in [0.5, 0.6) is 0 Å². The second-order valence-electron chi connectivity index (χ2n) is 6.88. The van der Waals surface area contributed by atoms with Crippen LogP contribution in [-0.2, 0) is 36.8 Å². The van der Waals surface area contributed by atoms with Crippen LogP contribution in [-0.4, -0.2) is 70.0 Å². The highest BCUT2D eigenvalue weighted by molar-refractivity contribution is 6.81. The lowest BCUT2D eigenvalue weighted by Crippen LogP contribution is -2.57. The molecule has 2 rings (SSSR count). The van der Waals surface area contributed by atoms with Gasteiger partial charge < -0.3 is 27.2 Å². The number of rotatable bonds is 13. The summed E-state index contributed by atoms with van der Waals surface area (Å²) in [6.07, 6.45) is -0.276. The first kappa shape index (κ1) is 25.9. The van der Waals surface area contributed by atoms with E-state index >= 15 is 0 Å². The number of esters is 2. The van der Waals surface area contributed by atoms with Gasteiger partial charge in [0.1, 0.15) is 12.5 Å². The topological polar surface area (TPSA) is 89.5 Å². The fourth-order valence-electron chi connectivity index (χ4n) is 3.12. The highest BCUT2D eigenvalue weighted by Gasteiger charge is 2.41. The SMILES string of the molecule is CO[Si](COC(=O)CCC(=O)OC[Si](OC)(OC)c1ccccc1)(OC)c1ccccc1. The lowest BCUT2D eigenvalue weighted by Gasteiger charge is -2.27. The Morgan fingerprint density at radius 2 is 0.906 bits per heavy atom. The molecule has 10 heteroatoms. The van der Waals surface area contributed by atoms with Gasteiger partial charge in [-0.1, -0.05) is 60.7 Å². The van der Waals surface area contributed by atoms with E-state index in [-0.39, 0.29) is 25.3 Å². The third-order valence-corrected chi connectivity index (χ3v) is 11.2. The van der Waals surface area contributed by atoms with Crippen molar-refractivity contribution in [3.8, 4) is 0 Å². The summed E-state index contributed by atoms with van der Waals surface area (Å²) in [5.41, 5.74) is 0. The summed E-state index contributed by atoms with van der Waals surface area (Å²) in [5, 5.41) is 1.69. The zero-order valence-electron chi connectivity index (χ0n) is 18.9. The van der Waals surface area contributed by atoms with Gasteiger partial charge in [-0.2, -0.15) is 0 Å². The van der Waals surface area contributed by atoms with E-state index in [0.29, 0.717) is 0 Å². The zero-order valence-corrected chi connectivity index (χ0v) is 20.9. The Morgan fingerprint density at radius 1 is 0.594 bits per heavy atom. The van der Waals surface area contributed by atoms with E-state index in [1.165, 1.54) is 28.4 Å². The molecule has 0 aliphatic heterocycles. The standard InChI is InChI=1S/C22H30O8Si2/c1-25-31(26-2,19-11-7-5-8-12-19)17-29-21(23)15-16-22(24)30-18-32(27-3,28-4)20-13-9-6-10-14-20/h5-14H,15-18H2,1-4H3. The van der Waals surface area contributed by atoms with Gasteiger partial charge in [-0.3, -0.25) is 9.59 Å². The highest BCUT2D eigenvalue weighted by atomic mass is 28.4. The lowest BCUT2D eigenvalue weighted by molar-refractivity contribution is -0.149. The van der Waals surface area contributed by atoms with Crippen molar-refractivity contribution >= 4 is 39.4 Å². The van der Waals surface area contributed by atoms with Crippen LogP contribution in [0.2, 0.25) is 0 Å². The van der Waals surface area contributed by atoms with E-state index in [0.717, 1.165) is 10.4 Å². The summed E-state index contributed by atoms with van der Waals surface area (Å²) in [4.78, 5) is 24.5. The molecule has 0 heterocycles. The number of hydrogen-bond acceptors (Lipinski definition) is 8. The molecule has 0 aliphatic rings. The molecule has 0 N–H and O–H groups in total. The highest BCUT2D eigenvalue weighted by Crippen LogP contribution is 2.10. The Morgan fingerprint density at radius 3 is 1.19 bits per heavy atom. The molecule has 0 saturated heterocycles. The van der Waals surface area contributed by atoms with Gasteiger partial charge >= 0.3 is 29.1 Å². The molecule has 0 amide bonds. The van der Waals surface area contributed by atoms with E-state index in [1.54, 1.807) is 0 Å². The van der Waals surface area contributed by atoms with Crippen molar-refractivity contribution in [3.63, 3.8) is 0 Å². The Labute approximate surface area is 190 Å². The zero-order chi connectivity index (χ0) is 23.5. The normalized spacial score (nSPS) is 11.8. The summed E-state index contributed by atoms with van der Waals surface area (Å²) in [5.74, 6) is -1.07. The largest absolute Gasteiger partial charge is 0.463 e. The van der Waals surface area contributed by atoms with Crippen LogP contribution in [0.1, 0.15) is 12.8 Å². The molecular formula is C22H30O8Si2. The first-order valence-corrected chi connectivity index (χ1v) is 14.1. The van der Waals surface area contributed by atoms with Crippen LogP contribution >= 0.6 is 0 Å². The second kappa shape index (κ2) is 12.6. The fourth-order valence-corrected chi connectivity index (χ4v) is 7.31. The van der Waals surface area contributed by atoms with Crippen molar-refractivity contribution < 1.29 is 36.8 Å². The molecule has 0 aromatic heterocycles. The van der Waals surface area contributed by atoms with E-state index in [4.69, 9.17) is 27.2 Å². The fraction of sp³-hybridized carbons (Fsp3) is 0.364. The van der Waals surface area contributed by atoms with Crippen LogP contribution in [0.4, 0.5) is 0 Å². The van der Waals surface area contributed by atoms with Gasteiger partial charge in [0, 0.05) is 28.4 Å². The smallest absolute Gasteiger partial charge is 0.411 e. The molecule has 0 radical (unpaired) electrons. The molecule has 0 unspecified atom stereocenters. The predicted molar refractivity (Wildman–Crippen MR) is 123 cm³/mol. The summed E-state index contributed by atoms with van der Waals surface area (Å²) in [7, 11) is 0.295. The molecule has 0 spiro atoms. The van der Waals surface area contributed by atoms with E-state index in [2.05, 4.69) is 0 Å². The van der Waals surface area contributed by atoms with Gasteiger partial charge in [-0.25, -0.2) is 0 Å². The van der Waals surface area contributed by atoms with Crippen molar-refractivity contribution in [1.29, 1.82) is 0 Å². The van der Waals surface area contributed by atoms with Gasteiger partial charge in [0.05, 0.1) is 12.8 Å². The van der Waals surface area contributed by atoms with Gasteiger partial charge in [0.2, 0.25) is 0 Å². The van der Waals surface area contributed by atoms with Crippen molar-refractivity contribution in [2.45, 2.75) is 12.8 Å². The molecule has 8 nitrogen and oxygen atoms in total. The van der Waals surface area contributed by atoms with Gasteiger partial charge in [-0.05, 0) is 10.4 Å². The quantitative estimate of drug-likeness (QED) is 0.314. The van der Waals surface area contributed by atoms with E-state index in [1.807, 2.05) is 60.7 Å². The maximum Gasteiger partial charge on any atom is 0.411 e. The van der Waals surface area contributed by atoms with Crippen molar-refractivity contribution in [2.75, 3.05) is 40.9 Å². The third-order valence-electron chi connectivity index (χ3n) is 5.13. The number of hydrogen-bond donors (Lipinski definition) is 0. The second-order valence-corrected chi connectivity index (χ2v) is 13.3. The molecule has 0 atom stereocenters. The molecule has 0 bridgehead atoms. The van der Waals surface area contributed by atoms with Crippen molar-refractivity contribution in [3.05, 3.63) is 60.7 Å². The average molecular weight is 479 g/mol. The molecule has 2 aromatic carbocycles. The Bertz CT molecular complexity index is 768. The van der Waals surface area contributed by atoms with Crippen LogP contribution in [0.25, 0.3) is 0 Å². The summed E-state index contributed by atoms with van der Waals surface area (Å²) >= 11 is 0. The van der Waals surface area contributed by atoms with Gasteiger partial charge in [-0.15, -0.1) is 0 Å². The average Bonchev–Trinajstić information content (AvgIpc) is 2.86. The molecule has 0 saturated carbocycles. The summed E-state index contributed by atoms with van der Waals surface area (Å²) < 4.78 is 33.2. The monoisotopic (exact) mass is 478 g/mol. The maximum absolute atomic E-state index is 12.2. The first-order valence-electron chi connectivity index (χ1n) is 10.1. The maximum atomic E-state index is 12.2. The molecule has 32 heavy (non-hydrogen) atoms. The Balaban J connectivity index is 1.86. The van der Waals surface area contributed by atoms with Crippen molar-refractivity contribution in [1.82, 2.24) is 0 Å². The molecule has 2 aromatic rings. The summed E-state index contributed by atoms with van der Waals surface area (Å²) in [6, 6.07) is 18.7. The minimum atomic E-state index is -2.91. The molecule has 0 aliphatic carbocycles. The van der Waals surface area contributed by atoms with Crippen molar-refractivity contribution in [2.24, 2.45) is 0 Å². The Kier molecular flexibility index (Phi) is 10.2. The number of carbonyl (C=O) groups is 2. The minimum Gasteiger partial charge on any atom is -0.463 e. The van der Waals surface area contributed by atoms with Crippen LogP contribution < -0.4 is 10.4 Å².